The maximum Gasteiger partial charge on any atom is 0.235 e. The summed E-state index contributed by atoms with van der Waals surface area (Å²) in [7, 11) is 0. The summed E-state index contributed by atoms with van der Waals surface area (Å²) < 4.78 is 5.52. The summed E-state index contributed by atoms with van der Waals surface area (Å²) in [6, 6.07) is 8.53. The molecule has 2 aromatic rings. The van der Waals surface area contributed by atoms with Crippen LogP contribution in [0.4, 0.5) is 11.4 Å². The predicted octanol–water partition coefficient (Wildman–Crippen LogP) is 3.00. The Morgan fingerprint density at radius 1 is 1.10 bits per heavy atom. The highest BCUT2D eigenvalue weighted by molar-refractivity contribution is 5.74. The van der Waals surface area contributed by atoms with E-state index in [1.807, 2.05) is 6.92 Å². The summed E-state index contributed by atoms with van der Waals surface area (Å²) in [4.78, 5) is 4.77. The van der Waals surface area contributed by atoms with E-state index < -0.39 is 0 Å². The van der Waals surface area contributed by atoms with Crippen molar-refractivity contribution in [2.24, 2.45) is 0 Å². The molecule has 2 heterocycles. The molecule has 112 valence electrons. The molecule has 5 heteroatoms. The number of benzene rings is 1. The van der Waals surface area contributed by atoms with Crippen molar-refractivity contribution < 1.29 is 4.42 Å². The van der Waals surface area contributed by atoms with Crippen molar-refractivity contribution in [2.75, 3.05) is 22.9 Å². The molecule has 0 atom stereocenters. The van der Waals surface area contributed by atoms with Gasteiger partial charge in [0, 0.05) is 25.6 Å². The lowest BCUT2D eigenvalue weighted by molar-refractivity contribution is 0.452. The second-order valence-corrected chi connectivity index (χ2v) is 6.45. The molecule has 21 heavy (non-hydrogen) atoms. The van der Waals surface area contributed by atoms with Gasteiger partial charge in [0.15, 0.2) is 0 Å². The zero-order valence-corrected chi connectivity index (χ0v) is 13.1. The minimum absolute atomic E-state index is 0.114. The third kappa shape index (κ3) is 2.73. The second-order valence-electron chi connectivity index (χ2n) is 6.45. The number of aryl methyl sites for hydroxylation is 1. The van der Waals surface area contributed by atoms with Crippen LogP contribution in [-0.2, 0) is 6.54 Å². The number of rotatable bonds is 2. The number of hydrogen-bond acceptors (Lipinski definition) is 5. The van der Waals surface area contributed by atoms with Crippen LogP contribution in [0.15, 0.2) is 28.7 Å². The van der Waals surface area contributed by atoms with E-state index in [-0.39, 0.29) is 5.54 Å². The van der Waals surface area contributed by atoms with Crippen molar-refractivity contribution in [1.82, 2.24) is 10.2 Å². The van der Waals surface area contributed by atoms with Gasteiger partial charge in [0.05, 0.1) is 17.9 Å². The topological polar surface area (TPSA) is 45.4 Å². The van der Waals surface area contributed by atoms with Crippen LogP contribution in [0, 0.1) is 6.92 Å². The van der Waals surface area contributed by atoms with E-state index in [0.29, 0.717) is 18.3 Å². The van der Waals surface area contributed by atoms with Crippen LogP contribution in [0.1, 0.15) is 32.6 Å². The van der Waals surface area contributed by atoms with Crippen LogP contribution in [0.2, 0.25) is 0 Å². The van der Waals surface area contributed by atoms with Crippen LogP contribution >= 0.6 is 0 Å². The molecule has 0 saturated carbocycles. The minimum Gasteiger partial charge on any atom is -0.424 e. The maximum atomic E-state index is 5.52. The van der Waals surface area contributed by atoms with Crippen molar-refractivity contribution in [1.29, 1.82) is 0 Å². The van der Waals surface area contributed by atoms with E-state index >= 15 is 0 Å². The quantitative estimate of drug-likeness (QED) is 0.849. The van der Waals surface area contributed by atoms with E-state index in [1.165, 1.54) is 11.4 Å². The molecule has 3 rings (SSSR count). The largest absolute Gasteiger partial charge is 0.424 e. The molecular weight excluding hydrogens is 264 g/mol. The summed E-state index contributed by atoms with van der Waals surface area (Å²) >= 11 is 0. The minimum atomic E-state index is 0.114. The lowest BCUT2D eigenvalue weighted by atomic mass is 10.0. The fourth-order valence-electron chi connectivity index (χ4n) is 2.85. The molecule has 0 fully saturated rings. The van der Waals surface area contributed by atoms with Gasteiger partial charge in [-0.2, -0.15) is 0 Å². The molecule has 0 aliphatic carbocycles. The fraction of sp³-hybridized carbons (Fsp3) is 0.500. The van der Waals surface area contributed by atoms with Gasteiger partial charge in [-0.15, -0.1) is 10.2 Å². The molecule has 1 aromatic carbocycles. The lowest BCUT2D eigenvalue weighted by Gasteiger charge is -2.45. The molecule has 1 aromatic heterocycles. The van der Waals surface area contributed by atoms with E-state index in [0.717, 1.165) is 13.1 Å². The Morgan fingerprint density at radius 3 is 2.43 bits per heavy atom. The van der Waals surface area contributed by atoms with Gasteiger partial charge in [-0.3, -0.25) is 0 Å². The molecule has 0 saturated heterocycles. The van der Waals surface area contributed by atoms with Crippen LogP contribution < -0.4 is 9.80 Å². The first-order valence-corrected chi connectivity index (χ1v) is 7.36. The summed E-state index contributed by atoms with van der Waals surface area (Å²) in [5.74, 6) is 1.29. The normalized spacial score (nSPS) is 15.2. The summed E-state index contributed by atoms with van der Waals surface area (Å²) in [5, 5.41) is 8.02. The Kier molecular flexibility index (Phi) is 3.35. The highest BCUT2D eigenvalue weighted by Gasteiger charge is 2.29. The molecular formula is C16H22N4O. The standard InChI is InChI=1S/C16H22N4O/c1-12-17-18-15(21-12)11-19-9-10-20(16(2,3)4)14-8-6-5-7-13(14)19/h5-8H,9-11H2,1-4H3. The van der Waals surface area contributed by atoms with Gasteiger partial charge < -0.3 is 14.2 Å². The fourth-order valence-corrected chi connectivity index (χ4v) is 2.85. The van der Waals surface area contributed by atoms with Gasteiger partial charge in [-0.1, -0.05) is 12.1 Å². The van der Waals surface area contributed by atoms with Crippen LogP contribution in [0.25, 0.3) is 0 Å². The van der Waals surface area contributed by atoms with Crippen molar-refractivity contribution >= 4 is 11.4 Å². The van der Waals surface area contributed by atoms with Crippen LogP contribution in [0.3, 0.4) is 0 Å². The predicted molar refractivity (Wildman–Crippen MR) is 83.6 cm³/mol. The Bertz CT molecular complexity index is 629. The molecule has 0 radical (unpaired) electrons. The summed E-state index contributed by atoms with van der Waals surface area (Å²) in [5.41, 5.74) is 2.62. The number of aromatic nitrogens is 2. The molecule has 1 aliphatic rings. The second kappa shape index (κ2) is 5.06. The van der Waals surface area contributed by atoms with Crippen LogP contribution in [0.5, 0.6) is 0 Å². The zero-order chi connectivity index (χ0) is 15.0. The zero-order valence-electron chi connectivity index (χ0n) is 13.1. The lowest BCUT2D eigenvalue weighted by Crippen LogP contribution is -2.49. The van der Waals surface area contributed by atoms with Gasteiger partial charge in [0.1, 0.15) is 0 Å². The number of para-hydroxylation sites is 2. The van der Waals surface area contributed by atoms with E-state index in [1.54, 1.807) is 0 Å². The Morgan fingerprint density at radius 2 is 1.81 bits per heavy atom. The average Bonchev–Trinajstić information content (AvgIpc) is 2.83. The van der Waals surface area contributed by atoms with E-state index in [2.05, 4.69) is 65.0 Å². The van der Waals surface area contributed by atoms with Gasteiger partial charge in [-0.25, -0.2) is 0 Å². The van der Waals surface area contributed by atoms with Gasteiger partial charge in [0.2, 0.25) is 11.8 Å². The monoisotopic (exact) mass is 286 g/mol. The Labute approximate surface area is 125 Å². The molecule has 5 nitrogen and oxygen atoms in total. The molecule has 0 amide bonds. The van der Waals surface area contributed by atoms with E-state index in [9.17, 15) is 0 Å². The Balaban J connectivity index is 1.91. The summed E-state index contributed by atoms with van der Waals surface area (Å²) in [6.45, 7) is 11.2. The number of fused-ring (bicyclic) bond motifs is 1. The third-order valence-electron chi connectivity index (χ3n) is 3.81. The average molecular weight is 286 g/mol. The first-order chi connectivity index (χ1) is 9.95. The molecule has 0 N–H and O–H groups in total. The summed E-state index contributed by atoms with van der Waals surface area (Å²) in [6.07, 6.45) is 0. The number of anilines is 2. The molecule has 1 aliphatic heterocycles. The smallest absolute Gasteiger partial charge is 0.235 e. The highest BCUT2D eigenvalue weighted by Crippen LogP contribution is 2.37. The van der Waals surface area contributed by atoms with E-state index in [4.69, 9.17) is 4.42 Å². The van der Waals surface area contributed by atoms with Gasteiger partial charge in [-0.05, 0) is 32.9 Å². The number of nitrogens with zero attached hydrogens (tertiary/aromatic N) is 4. The highest BCUT2D eigenvalue weighted by atomic mass is 16.4. The first kappa shape index (κ1) is 13.9. The van der Waals surface area contributed by atoms with Crippen molar-refractivity contribution in [2.45, 2.75) is 39.8 Å². The Hall–Kier alpha value is -2.04. The maximum absolute atomic E-state index is 5.52. The van der Waals surface area contributed by atoms with Gasteiger partial charge >= 0.3 is 0 Å². The van der Waals surface area contributed by atoms with Gasteiger partial charge in [0.25, 0.3) is 0 Å². The molecule has 0 bridgehead atoms. The number of hydrogen-bond donors (Lipinski definition) is 0. The van der Waals surface area contributed by atoms with Crippen molar-refractivity contribution in [3.63, 3.8) is 0 Å². The third-order valence-corrected chi connectivity index (χ3v) is 3.81. The van der Waals surface area contributed by atoms with Crippen molar-refractivity contribution in [3.8, 4) is 0 Å². The molecule has 0 spiro atoms. The molecule has 0 unspecified atom stereocenters. The SMILES string of the molecule is Cc1nnc(CN2CCN(C(C)(C)C)c3ccccc32)o1. The van der Waals surface area contributed by atoms with Crippen molar-refractivity contribution in [3.05, 3.63) is 36.0 Å². The first-order valence-electron chi connectivity index (χ1n) is 7.36. The van der Waals surface area contributed by atoms with Crippen LogP contribution in [-0.4, -0.2) is 28.8 Å².